The van der Waals surface area contributed by atoms with Crippen molar-refractivity contribution in [1.82, 2.24) is 10.2 Å². The van der Waals surface area contributed by atoms with E-state index in [-0.39, 0.29) is 17.4 Å². The monoisotopic (exact) mass is 355 g/mol. The number of ether oxygens (including phenoxy) is 1. The van der Waals surface area contributed by atoms with Crippen LogP contribution < -0.4 is 5.32 Å². The number of nitriles is 1. The lowest BCUT2D eigenvalue weighted by molar-refractivity contribution is -0.152. The summed E-state index contributed by atoms with van der Waals surface area (Å²) in [4.78, 5) is 48.1. The van der Waals surface area contributed by atoms with Gasteiger partial charge in [0.05, 0.1) is 12.7 Å². The summed E-state index contributed by atoms with van der Waals surface area (Å²) in [6.07, 6.45) is -0.444. The maximum absolute atomic E-state index is 12.3. The Kier molecular flexibility index (Phi) is 6.79. The third kappa shape index (κ3) is 4.26. The molecule has 0 radical (unpaired) electrons. The molecule has 0 saturated carbocycles. The molecule has 1 heterocycles. The number of esters is 1. The van der Waals surface area contributed by atoms with Crippen LogP contribution in [0.25, 0.3) is 0 Å². The molecule has 2 atom stereocenters. The van der Waals surface area contributed by atoms with Crippen molar-refractivity contribution in [3.05, 3.63) is 11.5 Å². The molecule has 0 aromatic carbocycles. The van der Waals surface area contributed by atoms with Crippen LogP contribution >= 0.6 is 11.8 Å². The highest BCUT2D eigenvalue weighted by molar-refractivity contribution is 8.14. The Morgan fingerprint density at radius 2 is 2.04 bits per heavy atom. The molecule has 0 aliphatic carbocycles. The molecular formula is C14H17N3O6S. The molecule has 2 amide bonds. The number of nitrogens with zero attached hydrogens (tertiary/aromatic N) is 2. The van der Waals surface area contributed by atoms with Crippen LogP contribution in [-0.4, -0.2) is 50.9 Å². The van der Waals surface area contributed by atoms with Crippen molar-refractivity contribution in [2.24, 2.45) is 0 Å². The Balaban J connectivity index is 3.09. The first-order valence-electron chi connectivity index (χ1n) is 6.98. The van der Waals surface area contributed by atoms with Gasteiger partial charge in [0.1, 0.15) is 23.6 Å². The summed E-state index contributed by atoms with van der Waals surface area (Å²) in [5.41, 5.74) is -0.383. The summed E-state index contributed by atoms with van der Waals surface area (Å²) >= 11 is 0.718. The summed E-state index contributed by atoms with van der Waals surface area (Å²) in [5, 5.41) is 19.3. The number of β-lactam (4-membered cyclic amide) rings is 1. The highest BCUT2D eigenvalue weighted by Gasteiger charge is 2.53. The Morgan fingerprint density at radius 3 is 2.50 bits per heavy atom. The summed E-state index contributed by atoms with van der Waals surface area (Å²) in [6.45, 7) is 4.06. The van der Waals surface area contributed by atoms with Crippen molar-refractivity contribution in [3.63, 3.8) is 0 Å². The van der Waals surface area contributed by atoms with Crippen LogP contribution in [0.4, 0.5) is 0 Å². The number of allylic oxidation sites excluding steroid dienone is 1. The normalized spacial score (nSPS) is 20.4. The van der Waals surface area contributed by atoms with Gasteiger partial charge in [0, 0.05) is 6.92 Å². The number of thioether (sulfide) groups is 1. The Morgan fingerprint density at radius 1 is 1.42 bits per heavy atom. The minimum atomic E-state index is -1.08. The lowest BCUT2D eigenvalue weighted by atomic mass is 10.0. The van der Waals surface area contributed by atoms with E-state index >= 15 is 0 Å². The quantitative estimate of drug-likeness (QED) is 0.298. The molecule has 1 saturated heterocycles. The number of aliphatic hydroxyl groups is 1. The van der Waals surface area contributed by atoms with E-state index in [1.165, 1.54) is 13.8 Å². The van der Waals surface area contributed by atoms with Gasteiger partial charge in [-0.1, -0.05) is 11.8 Å². The topological polar surface area (TPSA) is 137 Å². The molecule has 0 spiro atoms. The zero-order chi connectivity index (χ0) is 18.4. The van der Waals surface area contributed by atoms with Crippen molar-refractivity contribution in [2.75, 3.05) is 6.61 Å². The summed E-state index contributed by atoms with van der Waals surface area (Å²) < 4.78 is 4.80. The molecule has 0 bridgehead atoms. The Labute approximate surface area is 142 Å². The number of aliphatic hydroxyl groups excluding tert-OH is 1. The first-order valence-corrected chi connectivity index (χ1v) is 7.86. The van der Waals surface area contributed by atoms with E-state index in [1.807, 2.05) is 0 Å². The van der Waals surface area contributed by atoms with E-state index in [4.69, 9.17) is 10.00 Å². The lowest BCUT2D eigenvalue weighted by Gasteiger charge is -2.46. The average molecular weight is 355 g/mol. The second-order valence-electron chi connectivity index (χ2n) is 4.74. The molecule has 0 aromatic rings. The summed E-state index contributed by atoms with van der Waals surface area (Å²) in [6, 6.07) is 0.564. The Bertz CT molecular complexity index is 635. The standard InChI is InChI=1S/C14H17N3O6S/c1-4-23-14(22)11(7(2)18)17-12(21)10(13(17)24-8(3)19)16-9(20)5-6-15/h10,13,18H,4-5H2,1-3H3,(H,16,20)/b11-7-. The fraction of sp³-hybridized carbons (Fsp3) is 0.500. The molecule has 10 heteroatoms. The molecule has 2 N–H and O–H groups in total. The van der Waals surface area contributed by atoms with E-state index in [1.54, 1.807) is 13.0 Å². The second-order valence-corrected chi connectivity index (χ2v) is 6.04. The highest BCUT2D eigenvalue weighted by atomic mass is 32.2. The number of amides is 2. The lowest BCUT2D eigenvalue weighted by Crippen LogP contribution is -2.69. The molecule has 24 heavy (non-hydrogen) atoms. The minimum absolute atomic E-state index is 0.0322. The van der Waals surface area contributed by atoms with Gasteiger partial charge in [-0.3, -0.25) is 19.3 Å². The van der Waals surface area contributed by atoms with E-state index in [2.05, 4.69) is 5.32 Å². The first kappa shape index (κ1) is 19.5. The molecule has 1 aliphatic rings. The molecule has 130 valence electrons. The number of carbonyl (C=O) groups excluding carboxylic acids is 4. The smallest absolute Gasteiger partial charge is 0.358 e. The predicted molar refractivity (Wildman–Crippen MR) is 83.0 cm³/mol. The first-order chi connectivity index (χ1) is 11.2. The third-order valence-corrected chi connectivity index (χ3v) is 3.99. The zero-order valence-corrected chi connectivity index (χ0v) is 14.2. The van der Waals surface area contributed by atoms with E-state index in [0.717, 1.165) is 16.7 Å². The number of rotatable bonds is 6. The van der Waals surface area contributed by atoms with Gasteiger partial charge in [-0.2, -0.15) is 5.26 Å². The number of nitrogens with one attached hydrogen (secondary N) is 1. The maximum atomic E-state index is 12.3. The van der Waals surface area contributed by atoms with Gasteiger partial charge in [0.2, 0.25) is 5.91 Å². The number of hydrogen-bond donors (Lipinski definition) is 2. The van der Waals surface area contributed by atoms with E-state index < -0.39 is 41.4 Å². The average Bonchev–Trinajstić information content (AvgIpc) is 2.48. The fourth-order valence-corrected chi connectivity index (χ4v) is 3.02. The molecule has 1 rings (SSSR count). The van der Waals surface area contributed by atoms with Crippen LogP contribution in [0.3, 0.4) is 0 Å². The number of likely N-dealkylation sites (tertiary alicyclic amines) is 1. The van der Waals surface area contributed by atoms with Gasteiger partial charge in [-0.25, -0.2) is 4.79 Å². The van der Waals surface area contributed by atoms with Gasteiger partial charge >= 0.3 is 5.97 Å². The van der Waals surface area contributed by atoms with Crippen molar-refractivity contribution >= 4 is 34.7 Å². The minimum Gasteiger partial charge on any atom is -0.510 e. The number of carbonyl (C=O) groups is 4. The van der Waals surface area contributed by atoms with E-state index in [0.29, 0.717) is 0 Å². The van der Waals surface area contributed by atoms with Gasteiger partial charge < -0.3 is 15.2 Å². The predicted octanol–water partition coefficient (Wildman–Crippen LogP) is 0.185. The fourth-order valence-electron chi connectivity index (χ4n) is 2.04. The van der Waals surface area contributed by atoms with Crippen LogP contribution in [0.5, 0.6) is 0 Å². The van der Waals surface area contributed by atoms with Crippen LogP contribution in [0.1, 0.15) is 27.2 Å². The van der Waals surface area contributed by atoms with Crippen molar-refractivity contribution in [3.8, 4) is 6.07 Å². The van der Waals surface area contributed by atoms with Crippen molar-refractivity contribution in [1.29, 1.82) is 5.26 Å². The van der Waals surface area contributed by atoms with Crippen LogP contribution in [-0.2, 0) is 23.9 Å². The summed E-state index contributed by atoms with van der Waals surface area (Å²) in [7, 11) is 0. The third-order valence-electron chi connectivity index (χ3n) is 2.94. The second kappa shape index (κ2) is 8.35. The van der Waals surface area contributed by atoms with Crippen LogP contribution in [0, 0.1) is 11.3 Å². The molecule has 9 nitrogen and oxygen atoms in total. The van der Waals surface area contributed by atoms with Crippen molar-refractivity contribution < 1.29 is 29.0 Å². The van der Waals surface area contributed by atoms with Gasteiger partial charge in [0.15, 0.2) is 10.8 Å². The van der Waals surface area contributed by atoms with Gasteiger partial charge in [0.25, 0.3) is 5.91 Å². The van der Waals surface area contributed by atoms with Gasteiger partial charge in [-0.15, -0.1) is 0 Å². The number of hydrogen-bond acceptors (Lipinski definition) is 8. The van der Waals surface area contributed by atoms with Crippen molar-refractivity contribution in [2.45, 2.75) is 38.6 Å². The van der Waals surface area contributed by atoms with E-state index in [9.17, 15) is 24.3 Å². The van der Waals surface area contributed by atoms with Crippen LogP contribution in [0.15, 0.2) is 11.5 Å². The van der Waals surface area contributed by atoms with Crippen LogP contribution in [0.2, 0.25) is 0 Å². The molecule has 1 fully saturated rings. The molecule has 0 aromatic heterocycles. The summed E-state index contributed by atoms with van der Waals surface area (Å²) in [5.74, 6) is -2.72. The zero-order valence-electron chi connectivity index (χ0n) is 13.4. The molecule has 2 unspecified atom stereocenters. The highest BCUT2D eigenvalue weighted by Crippen LogP contribution is 2.35. The van der Waals surface area contributed by atoms with Gasteiger partial charge in [-0.05, 0) is 13.8 Å². The molecular weight excluding hydrogens is 338 g/mol. The molecule has 1 aliphatic heterocycles. The Hall–Kier alpha value is -2.54. The SMILES string of the molecule is CCOC(=O)/C(=C(\C)O)N1C(=O)C(NC(=O)CC#N)C1SC(C)=O. The largest absolute Gasteiger partial charge is 0.510 e. The maximum Gasteiger partial charge on any atom is 0.358 e.